The molecule has 0 heterocycles. The summed E-state index contributed by atoms with van der Waals surface area (Å²) >= 11 is 0. The van der Waals surface area contributed by atoms with E-state index in [-0.39, 0.29) is 26.3 Å². The molecule has 3 N–H and O–H groups in total. The van der Waals surface area contributed by atoms with Crippen LogP contribution in [0.1, 0.15) is 6.42 Å². The number of carboxylic acids is 2. The van der Waals surface area contributed by atoms with Crippen LogP contribution < -0.4 is 5.32 Å². The molecule has 0 aromatic heterocycles. The molecular formula is C11H20N2O7. The molecule has 0 radical (unpaired) electrons. The van der Waals surface area contributed by atoms with Gasteiger partial charge in [0.25, 0.3) is 0 Å². The molecule has 0 fully saturated rings. The number of nitrogens with zero attached hydrogens (tertiary/aromatic N) is 1. The van der Waals surface area contributed by atoms with Crippen LogP contribution in [-0.4, -0.2) is 79.6 Å². The normalized spacial score (nSPS) is 11.7. The van der Waals surface area contributed by atoms with Crippen molar-refractivity contribution in [2.24, 2.45) is 0 Å². The van der Waals surface area contributed by atoms with E-state index in [2.05, 4.69) is 5.32 Å². The number of hydrogen-bond acceptors (Lipinski definition) is 5. The first kappa shape index (κ1) is 18.1. The molecule has 0 aliphatic carbocycles. The molecule has 0 aliphatic rings. The average molecular weight is 292 g/mol. The van der Waals surface area contributed by atoms with Crippen LogP contribution in [-0.2, 0) is 19.1 Å². The monoisotopic (exact) mass is 292 g/mol. The highest BCUT2D eigenvalue weighted by Gasteiger charge is 2.25. The van der Waals surface area contributed by atoms with Crippen molar-refractivity contribution in [1.29, 1.82) is 0 Å². The van der Waals surface area contributed by atoms with Crippen LogP contribution in [0.3, 0.4) is 0 Å². The molecule has 0 rings (SSSR count). The van der Waals surface area contributed by atoms with E-state index < -0.39 is 30.4 Å². The minimum absolute atomic E-state index is 0.241. The number of rotatable bonds is 10. The molecule has 0 aliphatic heterocycles. The SMILES string of the molecule is COCCN(CCOC)C(=O)NC(CC(=O)O)C(=O)O. The van der Waals surface area contributed by atoms with Gasteiger partial charge in [-0.05, 0) is 0 Å². The zero-order chi connectivity index (χ0) is 15.5. The maximum Gasteiger partial charge on any atom is 0.326 e. The summed E-state index contributed by atoms with van der Waals surface area (Å²) < 4.78 is 9.69. The van der Waals surface area contributed by atoms with Crippen molar-refractivity contribution >= 4 is 18.0 Å². The maximum absolute atomic E-state index is 11.9. The molecule has 0 spiro atoms. The third kappa shape index (κ3) is 7.54. The molecule has 9 heteroatoms. The lowest BCUT2D eigenvalue weighted by molar-refractivity contribution is -0.145. The van der Waals surface area contributed by atoms with Crippen LogP contribution in [0.5, 0.6) is 0 Å². The second-order valence-electron chi connectivity index (χ2n) is 3.91. The Labute approximate surface area is 116 Å². The van der Waals surface area contributed by atoms with Gasteiger partial charge in [-0.3, -0.25) is 4.79 Å². The molecule has 0 aromatic rings. The summed E-state index contributed by atoms with van der Waals surface area (Å²) in [5.74, 6) is -2.71. The lowest BCUT2D eigenvalue weighted by Crippen LogP contribution is -2.50. The molecule has 116 valence electrons. The molecule has 0 saturated heterocycles. The molecule has 0 saturated carbocycles. The fraction of sp³-hybridized carbons (Fsp3) is 0.727. The third-order valence-electron chi connectivity index (χ3n) is 2.39. The highest BCUT2D eigenvalue weighted by molar-refractivity contribution is 5.86. The van der Waals surface area contributed by atoms with Crippen molar-refractivity contribution in [3.05, 3.63) is 0 Å². The van der Waals surface area contributed by atoms with Crippen LogP contribution in [0.15, 0.2) is 0 Å². The van der Waals surface area contributed by atoms with Crippen LogP contribution >= 0.6 is 0 Å². The largest absolute Gasteiger partial charge is 0.481 e. The Kier molecular flexibility index (Phi) is 9.05. The zero-order valence-corrected chi connectivity index (χ0v) is 11.5. The maximum atomic E-state index is 11.9. The summed E-state index contributed by atoms with van der Waals surface area (Å²) in [7, 11) is 2.94. The second-order valence-corrected chi connectivity index (χ2v) is 3.91. The van der Waals surface area contributed by atoms with Gasteiger partial charge >= 0.3 is 18.0 Å². The van der Waals surface area contributed by atoms with Crippen molar-refractivity contribution in [3.8, 4) is 0 Å². The first-order valence-corrected chi connectivity index (χ1v) is 5.90. The number of hydrogen-bond donors (Lipinski definition) is 3. The van der Waals surface area contributed by atoms with Gasteiger partial charge in [0.2, 0.25) is 0 Å². The minimum Gasteiger partial charge on any atom is -0.481 e. The summed E-state index contributed by atoms with van der Waals surface area (Å²) in [6.07, 6.45) is -0.691. The Morgan fingerprint density at radius 2 is 1.60 bits per heavy atom. The minimum atomic E-state index is -1.48. The second kappa shape index (κ2) is 9.98. The zero-order valence-electron chi connectivity index (χ0n) is 11.5. The van der Waals surface area contributed by atoms with Crippen molar-refractivity contribution < 1.29 is 34.1 Å². The van der Waals surface area contributed by atoms with Crippen molar-refractivity contribution in [2.45, 2.75) is 12.5 Å². The van der Waals surface area contributed by atoms with Crippen LogP contribution in [0.25, 0.3) is 0 Å². The van der Waals surface area contributed by atoms with Crippen LogP contribution in [0.2, 0.25) is 0 Å². The molecule has 0 bridgehead atoms. The topological polar surface area (TPSA) is 125 Å². The van der Waals surface area contributed by atoms with Gasteiger partial charge in [-0.1, -0.05) is 0 Å². The smallest absolute Gasteiger partial charge is 0.326 e. The Balaban J connectivity index is 4.59. The fourth-order valence-corrected chi connectivity index (χ4v) is 1.33. The molecule has 1 atom stereocenters. The van der Waals surface area contributed by atoms with Gasteiger partial charge in [0.05, 0.1) is 19.6 Å². The number of carboxylic acid groups (broad SMARTS) is 2. The quantitative estimate of drug-likeness (QED) is 0.482. The molecule has 20 heavy (non-hydrogen) atoms. The van der Waals surface area contributed by atoms with E-state index in [1.54, 1.807) is 0 Å². The lowest BCUT2D eigenvalue weighted by Gasteiger charge is -2.24. The van der Waals surface area contributed by atoms with E-state index in [0.29, 0.717) is 0 Å². The number of nitrogens with one attached hydrogen (secondary N) is 1. The van der Waals surface area contributed by atoms with Crippen molar-refractivity contribution in [3.63, 3.8) is 0 Å². The number of methoxy groups -OCH3 is 2. The summed E-state index contributed by atoms with van der Waals surface area (Å²) in [4.78, 5) is 34.6. The van der Waals surface area contributed by atoms with Gasteiger partial charge in [-0.2, -0.15) is 0 Å². The predicted octanol–water partition coefficient (Wildman–Crippen LogP) is -0.781. The Morgan fingerprint density at radius 3 is 1.95 bits per heavy atom. The number of carbonyl (C=O) groups excluding carboxylic acids is 1. The molecule has 2 amide bonds. The fourth-order valence-electron chi connectivity index (χ4n) is 1.33. The number of ether oxygens (including phenoxy) is 2. The predicted molar refractivity (Wildman–Crippen MR) is 67.5 cm³/mol. The van der Waals surface area contributed by atoms with E-state index in [1.165, 1.54) is 19.1 Å². The summed E-state index contributed by atoms with van der Waals surface area (Å²) in [5, 5.41) is 19.6. The van der Waals surface area contributed by atoms with E-state index in [1.807, 2.05) is 0 Å². The van der Waals surface area contributed by atoms with Crippen molar-refractivity contribution in [2.75, 3.05) is 40.5 Å². The average Bonchev–Trinajstić information content (AvgIpc) is 2.37. The lowest BCUT2D eigenvalue weighted by atomic mass is 10.2. The van der Waals surface area contributed by atoms with E-state index in [0.717, 1.165) is 0 Å². The molecule has 0 aromatic carbocycles. The van der Waals surface area contributed by atoms with Crippen LogP contribution in [0, 0.1) is 0 Å². The molecular weight excluding hydrogens is 272 g/mol. The Bertz CT molecular complexity index is 327. The highest BCUT2D eigenvalue weighted by atomic mass is 16.5. The number of carbonyl (C=O) groups is 3. The van der Waals surface area contributed by atoms with Gasteiger partial charge in [0.15, 0.2) is 0 Å². The first-order chi connectivity index (χ1) is 9.42. The van der Waals surface area contributed by atoms with Gasteiger partial charge in [0, 0.05) is 27.3 Å². The van der Waals surface area contributed by atoms with Gasteiger partial charge in [-0.15, -0.1) is 0 Å². The van der Waals surface area contributed by atoms with E-state index >= 15 is 0 Å². The van der Waals surface area contributed by atoms with Crippen molar-refractivity contribution in [1.82, 2.24) is 10.2 Å². The summed E-state index contributed by atoms with van der Waals surface area (Å²) in [6.45, 7) is 1.03. The Morgan fingerprint density at radius 1 is 1.10 bits per heavy atom. The Hall–Kier alpha value is -1.87. The number of aliphatic carboxylic acids is 2. The highest BCUT2D eigenvalue weighted by Crippen LogP contribution is 1.97. The number of urea groups is 1. The molecule has 9 nitrogen and oxygen atoms in total. The van der Waals surface area contributed by atoms with Gasteiger partial charge in [-0.25, -0.2) is 9.59 Å². The molecule has 1 unspecified atom stereocenters. The van der Waals surface area contributed by atoms with Gasteiger partial charge < -0.3 is 29.9 Å². The number of amides is 2. The standard InChI is InChI=1S/C11H20N2O7/c1-19-5-3-13(4-6-20-2)11(18)12-8(10(16)17)7-9(14)15/h8H,3-7H2,1-2H3,(H,12,18)(H,14,15)(H,16,17). The van der Waals surface area contributed by atoms with E-state index in [4.69, 9.17) is 19.7 Å². The van der Waals surface area contributed by atoms with Crippen LogP contribution in [0.4, 0.5) is 4.79 Å². The third-order valence-corrected chi connectivity index (χ3v) is 2.39. The van der Waals surface area contributed by atoms with Gasteiger partial charge in [0.1, 0.15) is 6.04 Å². The summed E-state index contributed by atoms with van der Waals surface area (Å²) in [6, 6.07) is -2.15. The first-order valence-electron chi connectivity index (χ1n) is 5.90. The summed E-state index contributed by atoms with van der Waals surface area (Å²) in [5.41, 5.74) is 0. The van der Waals surface area contributed by atoms with E-state index in [9.17, 15) is 14.4 Å².